The number of aromatic nitrogens is 1. The minimum Gasteiger partial charge on any atom is -0.354 e. The lowest BCUT2D eigenvalue weighted by molar-refractivity contribution is 0.338. The second kappa shape index (κ2) is 8.09. The van der Waals surface area contributed by atoms with Gasteiger partial charge in [-0.1, -0.05) is 48.0 Å². The standard InChI is InChI=1S/C22H21ClN4S/c1-3-27-13-19(25-18-11-7-10-17(23)12-18)21(20-14-28-15(2)24-20)22(26-27)16-8-5-4-6-9-16/h4-14,25-26H,3H2,1-2H3. The molecule has 0 atom stereocenters. The Morgan fingerprint density at radius 2 is 1.96 bits per heavy atom. The van der Waals surface area contributed by atoms with Gasteiger partial charge in [-0.25, -0.2) is 4.98 Å². The number of nitrogens with one attached hydrogen (secondary N) is 2. The highest BCUT2D eigenvalue weighted by atomic mass is 35.5. The molecule has 2 heterocycles. The highest BCUT2D eigenvalue weighted by molar-refractivity contribution is 7.09. The van der Waals surface area contributed by atoms with Crippen LogP contribution in [0.15, 0.2) is 71.9 Å². The van der Waals surface area contributed by atoms with E-state index in [2.05, 4.69) is 46.4 Å². The van der Waals surface area contributed by atoms with E-state index in [1.165, 1.54) is 0 Å². The number of halogens is 1. The van der Waals surface area contributed by atoms with Gasteiger partial charge in [-0.05, 0) is 32.0 Å². The average Bonchev–Trinajstić information content (AvgIpc) is 3.14. The fraction of sp³-hybridized carbons (Fsp3) is 0.136. The van der Waals surface area contributed by atoms with Crippen LogP contribution in [-0.4, -0.2) is 16.5 Å². The molecular formula is C22H21ClN4S. The van der Waals surface area contributed by atoms with Gasteiger partial charge >= 0.3 is 0 Å². The molecule has 0 unspecified atom stereocenters. The van der Waals surface area contributed by atoms with Crippen molar-refractivity contribution in [2.45, 2.75) is 13.8 Å². The van der Waals surface area contributed by atoms with E-state index in [-0.39, 0.29) is 0 Å². The molecule has 2 aromatic carbocycles. The van der Waals surface area contributed by atoms with Crippen molar-refractivity contribution in [1.82, 2.24) is 15.4 Å². The average molecular weight is 409 g/mol. The molecule has 0 spiro atoms. The topological polar surface area (TPSA) is 40.2 Å². The number of rotatable bonds is 5. The van der Waals surface area contributed by atoms with Crippen molar-refractivity contribution in [2.24, 2.45) is 0 Å². The molecule has 0 radical (unpaired) electrons. The summed E-state index contributed by atoms with van der Waals surface area (Å²) in [5.41, 5.74) is 9.59. The number of hydrogen-bond donors (Lipinski definition) is 2. The molecule has 0 saturated heterocycles. The number of aryl methyl sites for hydroxylation is 1. The van der Waals surface area contributed by atoms with Crippen LogP contribution in [0.4, 0.5) is 5.69 Å². The van der Waals surface area contributed by atoms with Crippen LogP contribution in [-0.2, 0) is 0 Å². The Morgan fingerprint density at radius 1 is 1.14 bits per heavy atom. The molecule has 4 rings (SSSR count). The second-order valence-electron chi connectivity index (χ2n) is 6.44. The molecule has 2 N–H and O–H groups in total. The van der Waals surface area contributed by atoms with Crippen molar-refractivity contribution in [3.05, 3.63) is 93.2 Å². The van der Waals surface area contributed by atoms with Crippen molar-refractivity contribution in [3.63, 3.8) is 0 Å². The van der Waals surface area contributed by atoms with Crippen molar-refractivity contribution in [2.75, 3.05) is 11.9 Å². The van der Waals surface area contributed by atoms with Crippen molar-refractivity contribution >= 4 is 39.9 Å². The molecule has 3 aromatic rings. The molecule has 0 fully saturated rings. The summed E-state index contributed by atoms with van der Waals surface area (Å²) in [6.45, 7) is 4.96. The van der Waals surface area contributed by atoms with E-state index < -0.39 is 0 Å². The summed E-state index contributed by atoms with van der Waals surface area (Å²) in [7, 11) is 0. The van der Waals surface area contributed by atoms with Gasteiger partial charge in [-0.15, -0.1) is 11.3 Å². The van der Waals surface area contributed by atoms with Crippen molar-refractivity contribution < 1.29 is 0 Å². The van der Waals surface area contributed by atoms with E-state index >= 15 is 0 Å². The van der Waals surface area contributed by atoms with Gasteiger partial charge in [0.1, 0.15) is 0 Å². The Labute approximate surface area is 174 Å². The Balaban J connectivity index is 1.86. The van der Waals surface area contributed by atoms with E-state index in [4.69, 9.17) is 16.6 Å². The first-order valence-corrected chi connectivity index (χ1v) is 10.4. The number of hydrazine groups is 1. The van der Waals surface area contributed by atoms with Gasteiger partial charge in [0.25, 0.3) is 0 Å². The smallest absolute Gasteiger partial charge is 0.0901 e. The molecule has 0 bridgehead atoms. The minimum atomic E-state index is 0.699. The van der Waals surface area contributed by atoms with E-state index in [1.54, 1.807) is 11.3 Å². The van der Waals surface area contributed by atoms with Crippen molar-refractivity contribution in [3.8, 4) is 0 Å². The third-order valence-corrected chi connectivity index (χ3v) is 5.45. The minimum absolute atomic E-state index is 0.699. The third-order valence-electron chi connectivity index (χ3n) is 4.44. The van der Waals surface area contributed by atoms with Crippen molar-refractivity contribution in [1.29, 1.82) is 0 Å². The largest absolute Gasteiger partial charge is 0.354 e. The van der Waals surface area contributed by atoms with E-state index in [0.717, 1.165) is 45.5 Å². The lowest BCUT2D eigenvalue weighted by Crippen LogP contribution is -2.36. The van der Waals surface area contributed by atoms with Crippen LogP contribution in [0.25, 0.3) is 11.3 Å². The van der Waals surface area contributed by atoms with Crippen LogP contribution in [0.3, 0.4) is 0 Å². The highest BCUT2D eigenvalue weighted by Gasteiger charge is 2.24. The lowest BCUT2D eigenvalue weighted by Gasteiger charge is -2.32. The number of thiazole rings is 1. The molecule has 142 valence electrons. The van der Waals surface area contributed by atoms with Crippen LogP contribution >= 0.6 is 22.9 Å². The number of hydrogen-bond acceptors (Lipinski definition) is 5. The third kappa shape index (κ3) is 3.91. The van der Waals surface area contributed by atoms with Crippen LogP contribution in [0.5, 0.6) is 0 Å². The quantitative estimate of drug-likeness (QED) is 0.562. The molecular weight excluding hydrogens is 388 g/mol. The zero-order valence-electron chi connectivity index (χ0n) is 15.7. The SMILES string of the molecule is CCN1C=C(Nc2cccc(Cl)c2)C(c2csc(C)n2)=C(c2ccccc2)N1. The Kier molecular flexibility index (Phi) is 5.37. The molecule has 28 heavy (non-hydrogen) atoms. The fourth-order valence-corrected chi connectivity index (χ4v) is 3.93. The van der Waals surface area contributed by atoms with Gasteiger partial charge in [0.2, 0.25) is 0 Å². The Morgan fingerprint density at radius 3 is 2.64 bits per heavy atom. The summed E-state index contributed by atoms with van der Waals surface area (Å²) in [4.78, 5) is 4.77. The van der Waals surface area contributed by atoms with E-state index in [1.807, 2.05) is 49.4 Å². The highest BCUT2D eigenvalue weighted by Crippen LogP contribution is 2.35. The fourth-order valence-electron chi connectivity index (χ4n) is 3.13. The van der Waals surface area contributed by atoms with E-state index in [0.29, 0.717) is 5.02 Å². The van der Waals surface area contributed by atoms with Gasteiger partial charge in [0.05, 0.1) is 27.7 Å². The van der Waals surface area contributed by atoms with Gasteiger partial charge < -0.3 is 5.32 Å². The zero-order chi connectivity index (χ0) is 19.5. The summed E-state index contributed by atoms with van der Waals surface area (Å²) in [5, 5.41) is 9.45. The number of allylic oxidation sites excluding steroid dienone is 1. The Bertz CT molecular complexity index is 1040. The van der Waals surface area contributed by atoms with Gasteiger partial charge in [-0.2, -0.15) is 0 Å². The first-order valence-electron chi connectivity index (χ1n) is 9.14. The summed E-state index contributed by atoms with van der Waals surface area (Å²) in [5.74, 6) is 0. The number of nitrogens with zero attached hydrogens (tertiary/aromatic N) is 2. The van der Waals surface area contributed by atoms with E-state index in [9.17, 15) is 0 Å². The normalized spacial score (nSPS) is 14.0. The monoisotopic (exact) mass is 408 g/mol. The summed E-state index contributed by atoms with van der Waals surface area (Å²) in [6.07, 6.45) is 2.08. The van der Waals surface area contributed by atoms with Crippen LogP contribution in [0.2, 0.25) is 5.02 Å². The second-order valence-corrected chi connectivity index (χ2v) is 7.94. The molecule has 6 heteroatoms. The molecule has 0 amide bonds. The molecule has 0 aliphatic carbocycles. The predicted molar refractivity (Wildman–Crippen MR) is 119 cm³/mol. The maximum atomic E-state index is 6.19. The summed E-state index contributed by atoms with van der Waals surface area (Å²) < 4.78 is 0. The summed E-state index contributed by atoms with van der Waals surface area (Å²) in [6, 6.07) is 18.1. The molecule has 1 aliphatic rings. The maximum Gasteiger partial charge on any atom is 0.0901 e. The van der Waals surface area contributed by atoms with Gasteiger partial charge in [0.15, 0.2) is 0 Å². The van der Waals surface area contributed by atoms with Crippen LogP contribution in [0.1, 0.15) is 23.2 Å². The molecule has 1 aromatic heterocycles. The van der Waals surface area contributed by atoms with Gasteiger partial charge in [-0.3, -0.25) is 10.4 Å². The first kappa shape index (κ1) is 18.6. The van der Waals surface area contributed by atoms with Gasteiger partial charge in [0, 0.05) is 34.4 Å². The Hall–Kier alpha value is -2.76. The molecule has 4 nitrogen and oxygen atoms in total. The van der Waals surface area contributed by atoms with Crippen LogP contribution < -0.4 is 10.7 Å². The first-order chi connectivity index (χ1) is 13.6. The number of benzene rings is 2. The molecule has 1 aliphatic heterocycles. The van der Waals surface area contributed by atoms with Crippen LogP contribution in [0, 0.1) is 6.92 Å². The zero-order valence-corrected chi connectivity index (χ0v) is 17.3. The maximum absolute atomic E-state index is 6.19. The summed E-state index contributed by atoms with van der Waals surface area (Å²) >= 11 is 7.84. The lowest BCUT2D eigenvalue weighted by atomic mass is 10.0. The number of anilines is 1. The predicted octanol–water partition coefficient (Wildman–Crippen LogP) is 5.77. The molecule has 0 saturated carbocycles.